The van der Waals surface area contributed by atoms with E-state index in [-0.39, 0.29) is 0 Å². The van der Waals surface area contributed by atoms with Crippen LogP contribution in [-0.4, -0.2) is 0 Å². The molecule has 0 heterocycles. The SMILES string of the molecule is N#Cc1ccc(C(C#N)Nc2cccc(Cl)c2)cc1. The van der Waals surface area contributed by atoms with Crippen LogP contribution < -0.4 is 5.32 Å². The molecule has 4 heteroatoms. The third-order valence-electron chi connectivity index (χ3n) is 2.64. The first-order valence-corrected chi connectivity index (χ1v) is 6.02. The van der Waals surface area contributed by atoms with E-state index in [2.05, 4.69) is 11.4 Å². The van der Waals surface area contributed by atoms with Gasteiger partial charge in [-0.1, -0.05) is 29.8 Å². The average molecular weight is 268 g/mol. The molecule has 3 nitrogen and oxygen atoms in total. The van der Waals surface area contributed by atoms with Crippen LogP contribution in [0.25, 0.3) is 0 Å². The highest BCUT2D eigenvalue weighted by molar-refractivity contribution is 6.30. The summed E-state index contributed by atoms with van der Waals surface area (Å²) in [6.07, 6.45) is 0. The van der Waals surface area contributed by atoms with Crippen LogP contribution in [0.1, 0.15) is 17.2 Å². The van der Waals surface area contributed by atoms with Gasteiger partial charge in [0.15, 0.2) is 0 Å². The Balaban J connectivity index is 2.21. The molecule has 2 aromatic rings. The summed E-state index contributed by atoms with van der Waals surface area (Å²) in [7, 11) is 0. The zero-order valence-electron chi connectivity index (χ0n) is 9.97. The lowest BCUT2D eigenvalue weighted by Crippen LogP contribution is -2.08. The second-order valence-electron chi connectivity index (χ2n) is 3.95. The number of halogens is 1. The van der Waals surface area contributed by atoms with Crippen LogP contribution in [0.3, 0.4) is 0 Å². The third-order valence-corrected chi connectivity index (χ3v) is 2.87. The van der Waals surface area contributed by atoms with Crippen molar-refractivity contribution >= 4 is 17.3 Å². The van der Waals surface area contributed by atoms with E-state index in [1.165, 1.54) is 0 Å². The molecule has 2 rings (SSSR count). The summed E-state index contributed by atoms with van der Waals surface area (Å²) in [6.45, 7) is 0. The summed E-state index contributed by atoms with van der Waals surface area (Å²) < 4.78 is 0. The van der Waals surface area contributed by atoms with Gasteiger partial charge in [0, 0.05) is 10.7 Å². The lowest BCUT2D eigenvalue weighted by molar-refractivity contribution is 0.997. The van der Waals surface area contributed by atoms with Gasteiger partial charge in [0.2, 0.25) is 0 Å². The molecule has 0 saturated heterocycles. The minimum Gasteiger partial charge on any atom is -0.366 e. The summed E-state index contributed by atoms with van der Waals surface area (Å²) in [4.78, 5) is 0. The van der Waals surface area contributed by atoms with Gasteiger partial charge in [0.25, 0.3) is 0 Å². The van der Waals surface area contributed by atoms with Gasteiger partial charge in [-0.25, -0.2) is 0 Å². The fraction of sp³-hybridized carbons (Fsp3) is 0.0667. The molecule has 1 atom stereocenters. The van der Waals surface area contributed by atoms with Crippen molar-refractivity contribution in [2.75, 3.05) is 5.32 Å². The Morgan fingerprint density at radius 3 is 2.37 bits per heavy atom. The van der Waals surface area contributed by atoms with E-state index in [0.29, 0.717) is 10.6 Å². The Bertz CT molecular complexity index is 650. The van der Waals surface area contributed by atoms with E-state index in [1.54, 1.807) is 36.4 Å². The molecule has 0 aliphatic carbocycles. The number of nitrogens with zero attached hydrogens (tertiary/aromatic N) is 2. The molecule has 0 saturated carbocycles. The van der Waals surface area contributed by atoms with Crippen molar-refractivity contribution in [3.8, 4) is 12.1 Å². The predicted octanol–water partition coefficient (Wildman–Crippen LogP) is 3.89. The topological polar surface area (TPSA) is 59.6 Å². The molecule has 0 radical (unpaired) electrons. The van der Waals surface area contributed by atoms with Crippen molar-refractivity contribution in [1.29, 1.82) is 10.5 Å². The second-order valence-corrected chi connectivity index (χ2v) is 4.39. The van der Waals surface area contributed by atoms with Crippen molar-refractivity contribution in [3.63, 3.8) is 0 Å². The molecule has 92 valence electrons. The highest BCUT2D eigenvalue weighted by atomic mass is 35.5. The molecule has 0 spiro atoms. The maximum atomic E-state index is 9.23. The van der Waals surface area contributed by atoms with Crippen LogP contribution >= 0.6 is 11.6 Å². The summed E-state index contributed by atoms with van der Waals surface area (Å²) >= 11 is 5.90. The van der Waals surface area contributed by atoms with Crippen LogP contribution in [-0.2, 0) is 0 Å². The van der Waals surface area contributed by atoms with E-state index >= 15 is 0 Å². The first-order valence-electron chi connectivity index (χ1n) is 5.64. The number of rotatable bonds is 3. The summed E-state index contributed by atoms with van der Waals surface area (Å²) in [5, 5.41) is 21.7. The molecule has 0 bridgehead atoms. The van der Waals surface area contributed by atoms with Gasteiger partial charge >= 0.3 is 0 Å². The summed E-state index contributed by atoms with van der Waals surface area (Å²) in [5.74, 6) is 0. The molecule has 19 heavy (non-hydrogen) atoms. The van der Waals surface area contributed by atoms with E-state index in [1.807, 2.05) is 18.2 Å². The number of nitrogens with one attached hydrogen (secondary N) is 1. The highest BCUT2D eigenvalue weighted by Gasteiger charge is 2.10. The lowest BCUT2D eigenvalue weighted by Gasteiger charge is -2.13. The first-order chi connectivity index (χ1) is 9.22. The average Bonchev–Trinajstić information content (AvgIpc) is 2.45. The van der Waals surface area contributed by atoms with Gasteiger partial charge in [0.1, 0.15) is 6.04 Å². The highest BCUT2D eigenvalue weighted by Crippen LogP contribution is 2.21. The molecule has 0 aliphatic rings. The van der Waals surface area contributed by atoms with Gasteiger partial charge < -0.3 is 5.32 Å². The van der Waals surface area contributed by atoms with Gasteiger partial charge in [0.05, 0.1) is 17.7 Å². The Kier molecular flexibility index (Phi) is 4.03. The molecule has 0 aliphatic heterocycles. The van der Waals surface area contributed by atoms with Crippen molar-refractivity contribution in [1.82, 2.24) is 0 Å². The zero-order valence-corrected chi connectivity index (χ0v) is 10.7. The maximum Gasteiger partial charge on any atom is 0.140 e. The smallest absolute Gasteiger partial charge is 0.140 e. The van der Waals surface area contributed by atoms with Crippen LogP contribution in [0.15, 0.2) is 48.5 Å². The Hall–Kier alpha value is -2.49. The minimum atomic E-state index is -0.480. The van der Waals surface area contributed by atoms with Gasteiger partial charge in [-0.3, -0.25) is 0 Å². The normalized spacial score (nSPS) is 11.1. The Labute approximate surface area is 116 Å². The van der Waals surface area contributed by atoms with E-state index in [4.69, 9.17) is 16.9 Å². The van der Waals surface area contributed by atoms with Crippen molar-refractivity contribution in [2.45, 2.75) is 6.04 Å². The largest absolute Gasteiger partial charge is 0.366 e. The molecule has 0 amide bonds. The Morgan fingerprint density at radius 2 is 1.79 bits per heavy atom. The summed E-state index contributed by atoms with van der Waals surface area (Å²) in [6, 6.07) is 17.9. The van der Waals surface area contributed by atoms with Crippen LogP contribution in [0, 0.1) is 22.7 Å². The van der Waals surface area contributed by atoms with Gasteiger partial charge in [-0.2, -0.15) is 10.5 Å². The molecule has 1 N–H and O–H groups in total. The van der Waals surface area contributed by atoms with Crippen LogP contribution in [0.4, 0.5) is 5.69 Å². The van der Waals surface area contributed by atoms with E-state index in [9.17, 15) is 5.26 Å². The number of hydrogen-bond donors (Lipinski definition) is 1. The molecule has 0 fully saturated rings. The maximum absolute atomic E-state index is 9.23. The van der Waals surface area contributed by atoms with Gasteiger partial charge in [-0.15, -0.1) is 0 Å². The van der Waals surface area contributed by atoms with Crippen LogP contribution in [0.5, 0.6) is 0 Å². The monoisotopic (exact) mass is 267 g/mol. The molecule has 0 aromatic heterocycles. The van der Waals surface area contributed by atoms with Crippen molar-refractivity contribution < 1.29 is 0 Å². The van der Waals surface area contributed by atoms with Crippen molar-refractivity contribution in [3.05, 3.63) is 64.7 Å². The molecule has 2 aromatic carbocycles. The van der Waals surface area contributed by atoms with Crippen LogP contribution in [0.2, 0.25) is 5.02 Å². The third kappa shape index (κ3) is 3.25. The van der Waals surface area contributed by atoms with Crippen molar-refractivity contribution in [2.24, 2.45) is 0 Å². The van der Waals surface area contributed by atoms with E-state index < -0.39 is 6.04 Å². The molecular weight excluding hydrogens is 258 g/mol. The van der Waals surface area contributed by atoms with Gasteiger partial charge in [-0.05, 0) is 35.9 Å². The predicted molar refractivity (Wildman–Crippen MR) is 74.6 cm³/mol. The van der Waals surface area contributed by atoms with E-state index in [0.717, 1.165) is 11.3 Å². The second kappa shape index (κ2) is 5.91. The number of nitriles is 2. The fourth-order valence-corrected chi connectivity index (χ4v) is 1.88. The number of benzene rings is 2. The minimum absolute atomic E-state index is 0.480. The quantitative estimate of drug-likeness (QED) is 0.918. The zero-order chi connectivity index (χ0) is 13.7. The first kappa shape index (κ1) is 13.0. The summed E-state index contributed by atoms with van der Waals surface area (Å²) in [5.41, 5.74) is 2.16. The standard InChI is InChI=1S/C15H10ClN3/c16-13-2-1-3-14(8-13)19-15(10-18)12-6-4-11(9-17)5-7-12/h1-8,15,19H. The fourth-order valence-electron chi connectivity index (χ4n) is 1.69. The number of hydrogen-bond acceptors (Lipinski definition) is 3. The number of anilines is 1. The lowest BCUT2D eigenvalue weighted by atomic mass is 10.1. The molecular formula is C15H10ClN3. The Morgan fingerprint density at radius 1 is 1.05 bits per heavy atom. The molecule has 1 unspecified atom stereocenters.